The zero-order valence-corrected chi connectivity index (χ0v) is 14.4. The summed E-state index contributed by atoms with van der Waals surface area (Å²) < 4.78 is 10.6. The van der Waals surface area contributed by atoms with Crippen LogP contribution in [0.4, 0.5) is 0 Å². The smallest absolute Gasteiger partial charge is 0.249 e. The number of rotatable bonds is 5. The highest BCUT2D eigenvalue weighted by molar-refractivity contribution is 5.78. The van der Waals surface area contributed by atoms with Crippen LogP contribution in [0.2, 0.25) is 0 Å². The monoisotopic (exact) mass is 342 g/mol. The lowest BCUT2D eigenvalue weighted by molar-refractivity contribution is -0.139. The molecule has 1 atom stereocenters. The van der Waals surface area contributed by atoms with Gasteiger partial charge in [0.1, 0.15) is 12.4 Å². The molecule has 2 heterocycles. The number of amides is 1. The van der Waals surface area contributed by atoms with Crippen LogP contribution in [0, 0.1) is 0 Å². The minimum atomic E-state index is -0.0744. The Kier molecular flexibility index (Phi) is 5.19. The van der Waals surface area contributed by atoms with Gasteiger partial charge in [-0.15, -0.1) is 0 Å². The van der Waals surface area contributed by atoms with Crippen molar-refractivity contribution in [3.8, 4) is 11.6 Å². The van der Waals surface area contributed by atoms with E-state index in [0.29, 0.717) is 19.0 Å². The van der Waals surface area contributed by atoms with Crippen LogP contribution in [-0.2, 0) is 22.6 Å². The number of pyridine rings is 1. The van der Waals surface area contributed by atoms with Gasteiger partial charge in [-0.05, 0) is 48.2 Å². The third-order valence-electron chi connectivity index (χ3n) is 4.49. The highest BCUT2D eigenvalue weighted by atomic mass is 16.5. The van der Waals surface area contributed by atoms with Crippen LogP contribution in [0.25, 0.3) is 0 Å². The Hall–Kier alpha value is -2.60. The van der Waals surface area contributed by atoms with Gasteiger partial charge in [0.15, 0.2) is 0 Å². The second kappa shape index (κ2) is 7.53. The van der Waals surface area contributed by atoms with Crippen molar-refractivity contribution in [2.24, 2.45) is 0 Å². The third kappa shape index (κ3) is 3.91. The molecule has 0 aliphatic carbocycles. The second-order valence-electron chi connectivity index (χ2n) is 6.10. The molecule has 0 saturated carbocycles. The van der Waals surface area contributed by atoms with Gasteiger partial charge in [0.25, 0.3) is 0 Å². The number of hydrogen-bond acceptors (Lipinski definition) is 5. The number of carbonyl (C=O) groups excluding carboxylic acids is 1. The summed E-state index contributed by atoms with van der Waals surface area (Å²) in [6.07, 6.45) is 2.46. The first-order valence-electron chi connectivity index (χ1n) is 8.26. The lowest BCUT2D eigenvalue weighted by Crippen LogP contribution is -2.40. The zero-order valence-electron chi connectivity index (χ0n) is 14.4. The summed E-state index contributed by atoms with van der Waals surface area (Å²) in [7, 11) is 1.56. The molecule has 2 aromatic rings. The standard InChI is InChI=1S/C19H22N2O4/c1-13-17-9-16(22)5-4-15(17)7-8-21(13)19(23)12-25-11-14-3-6-18(24-2)20-10-14/h3-6,9-10,13,22H,7-8,11-12H2,1-2H3. The summed E-state index contributed by atoms with van der Waals surface area (Å²) in [4.78, 5) is 18.4. The number of phenols is 1. The van der Waals surface area contributed by atoms with Crippen LogP contribution in [0.1, 0.15) is 29.7 Å². The number of ether oxygens (including phenoxy) is 2. The Morgan fingerprint density at radius 1 is 1.36 bits per heavy atom. The van der Waals surface area contributed by atoms with E-state index in [-0.39, 0.29) is 24.3 Å². The van der Waals surface area contributed by atoms with Gasteiger partial charge < -0.3 is 19.5 Å². The SMILES string of the molecule is COc1ccc(COCC(=O)N2CCc3ccc(O)cc3C2C)cn1. The Bertz CT molecular complexity index is 746. The first kappa shape index (κ1) is 17.2. The normalized spacial score (nSPS) is 16.4. The topological polar surface area (TPSA) is 71.9 Å². The molecule has 1 amide bonds. The molecule has 1 aliphatic heterocycles. The minimum Gasteiger partial charge on any atom is -0.508 e. The van der Waals surface area contributed by atoms with Crippen molar-refractivity contribution in [2.45, 2.75) is 26.0 Å². The summed E-state index contributed by atoms with van der Waals surface area (Å²) in [6.45, 7) is 2.97. The van der Waals surface area contributed by atoms with Crippen LogP contribution >= 0.6 is 0 Å². The summed E-state index contributed by atoms with van der Waals surface area (Å²) in [5.41, 5.74) is 3.06. The van der Waals surface area contributed by atoms with Crippen molar-refractivity contribution in [3.63, 3.8) is 0 Å². The van der Waals surface area contributed by atoms with Gasteiger partial charge >= 0.3 is 0 Å². The third-order valence-corrected chi connectivity index (χ3v) is 4.49. The molecule has 0 bridgehead atoms. The van der Waals surface area contributed by atoms with E-state index in [1.54, 1.807) is 36.4 Å². The van der Waals surface area contributed by atoms with Gasteiger partial charge in [-0.2, -0.15) is 0 Å². The maximum Gasteiger partial charge on any atom is 0.249 e. The molecule has 0 radical (unpaired) electrons. The minimum absolute atomic E-state index is 0.0184. The van der Waals surface area contributed by atoms with Crippen molar-refractivity contribution in [1.29, 1.82) is 0 Å². The van der Waals surface area contributed by atoms with E-state index in [9.17, 15) is 9.90 Å². The van der Waals surface area contributed by atoms with Crippen molar-refractivity contribution < 1.29 is 19.4 Å². The van der Waals surface area contributed by atoms with Gasteiger partial charge in [0.05, 0.1) is 19.8 Å². The second-order valence-corrected chi connectivity index (χ2v) is 6.10. The highest BCUT2D eigenvalue weighted by Gasteiger charge is 2.27. The van der Waals surface area contributed by atoms with Crippen LogP contribution in [0.5, 0.6) is 11.6 Å². The van der Waals surface area contributed by atoms with Crippen LogP contribution in [-0.4, -0.2) is 41.2 Å². The van der Waals surface area contributed by atoms with Crippen LogP contribution in [0.3, 0.4) is 0 Å². The first-order chi connectivity index (χ1) is 12.1. The Balaban J connectivity index is 1.56. The Morgan fingerprint density at radius 2 is 2.20 bits per heavy atom. The molecular weight excluding hydrogens is 320 g/mol. The molecule has 1 aromatic carbocycles. The first-order valence-corrected chi connectivity index (χ1v) is 8.26. The molecule has 0 saturated heterocycles. The molecule has 132 valence electrons. The molecule has 1 aromatic heterocycles. The quantitative estimate of drug-likeness (QED) is 0.904. The predicted molar refractivity (Wildman–Crippen MR) is 92.4 cm³/mol. The number of nitrogens with zero attached hydrogens (tertiary/aromatic N) is 2. The maximum atomic E-state index is 12.5. The maximum absolute atomic E-state index is 12.5. The lowest BCUT2D eigenvalue weighted by Gasteiger charge is -2.35. The van der Waals surface area contributed by atoms with E-state index in [0.717, 1.165) is 17.5 Å². The number of hydrogen-bond donors (Lipinski definition) is 1. The van der Waals surface area contributed by atoms with Gasteiger partial charge in [-0.1, -0.05) is 6.07 Å². The largest absolute Gasteiger partial charge is 0.508 e. The van der Waals surface area contributed by atoms with Crippen molar-refractivity contribution >= 4 is 5.91 Å². The van der Waals surface area contributed by atoms with E-state index in [1.165, 1.54) is 5.56 Å². The average molecular weight is 342 g/mol. The van der Waals surface area contributed by atoms with E-state index >= 15 is 0 Å². The fraction of sp³-hybridized carbons (Fsp3) is 0.368. The Morgan fingerprint density at radius 3 is 2.92 bits per heavy atom. The number of carbonyl (C=O) groups is 1. The van der Waals surface area contributed by atoms with E-state index in [1.807, 2.05) is 19.1 Å². The fourth-order valence-electron chi connectivity index (χ4n) is 3.10. The lowest BCUT2D eigenvalue weighted by atomic mass is 9.93. The molecule has 6 heteroatoms. The Labute approximate surface area is 147 Å². The van der Waals surface area contributed by atoms with Gasteiger partial charge in [0.2, 0.25) is 11.8 Å². The molecule has 0 spiro atoms. The van der Waals surface area contributed by atoms with Crippen LogP contribution < -0.4 is 4.74 Å². The average Bonchev–Trinajstić information content (AvgIpc) is 2.63. The summed E-state index contributed by atoms with van der Waals surface area (Å²) in [5, 5.41) is 9.69. The van der Waals surface area contributed by atoms with Crippen molar-refractivity contribution in [3.05, 3.63) is 53.2 Å². The zero-order chi connectivity index (χ0) is 17.8. The molecule has 6 nitrogen and oxygen atoms in total. The summed E-state index contributed by atoms with van der Waals surface area (Å²) in [5.74, 6) is 0.718. The van der Waals surface area contributed by atoms with Gasteiger partial charge in [-0.3, -0.25) is 4.79 Å². The van der Waals surface area contributed by atoms with E-state index in [4.69, 9.17) is 9.47 Å². The number of aromatic hydroxyl groups is 1. The molecule has 0 fully saturated rings. The molecule has 1 unspecified atom stereocenters. The summed E-state index contributed by atoms with van der Waals surface area (Å²) >= 11 is 0. The number of fused-ring (bicyclic) bond motifs is 1. The summed E-state index contributed by atoms with van der Waals surface area (Å²) in [6, 6.07) is 8.90. The highest BCUT2D eigenvalue weighted by Crippen LogP contribution is 2.31. The van der Waals surface area contributed by atoms with Crippen molar-refractivity contribution in [1.82, 2.24) is 9.88 Å². The number of aromatic nitrogens is 1. The van der Waals surface area contributed by atoms with Gasteiger partial charge in [-0.25, -0.2) is 4.98 Å². The van der Waals surface area contributed by atoms with E-state index in [2.05, 4.69) is 4.98 Å². The van der Waals surface area contributed by atoms with Crippen LogP contribution in [0.15, 0.2) is 36.5 Å². The predicted octanol–water partition coefficient (Wildman–Crippen LogP) is 2.46. The fourth-order valence-corrected chi connectivity index (χ4v) is 3.10. The molecule has 1 aliphatic rings. The molecule has 25 heavy (non-hydrogen) atoms. The van der Waals surface area contributed by atoms with Gasteiger partial charge in [0, 0.05) is 18.8 Å². The van der Waals surface area contributed by atoms with E-state index < -0.39 is 0 Å². The molecule has 1 N–H and O–H groups in total. The molecule has 3 rings (SSSR count). The molecular formula is C19H22N2O4. The number of benzene rings is 1. The number of phenolic OH excluding ortho intramolecular Hbond substituents is 1. The van der Waals surface area contributed by atoms with Crippen molar-refractivity contribution in [2.75, 3.05) is 20.3 Å². The number of methoxy groups -OCH3 is 1.